The molecule has 37 heavy (non-hydrogen) atoms. The molecule has 7 nitrogen and oxygen atoms in total. The number of hydrogen-bond acceptors (Lipinski definition) is 4. The Kier molecular flexibility index (Phi) is 9.97. The number of anilines is 1. The van der Waals surface area contributed by atoms with E-state index in [1.807, 2.05) is 30.3 Å². The van der Waals surface area contributed by atoms with Crippen molar-refractivity contribution in [2.24, 2.45) is 0 Å². The number of likely N-dealkylation sites (N-methyl/N-ethyl adjacent to an activating group) is 1. The molecule has 0 bridgehead atoms. The molecule has 0 aliphatic rings. The van der Waals surface area contributed by atoms with Crippen LogP contribution in [0.4, 0.5) is 5.69 Å². The molecule has 0 saturated carbocycles. The van der Waals surface area contributed by atoms with Crippen molar-refractivity contribution >= 4 is 50.7 Å². The smallest absolute Gasteiger partial charge is 0.264 e. The van der Waals surface area contributed by atoms with E-state index in [4.69, 9.17) is 23.2 Å². The summed E-state index contributed by atoms with van der Waals surface area (Å²) >= 11 is 12.4. The summed E-state index contributed by atoms with van der Waals surface area (Å²) in [5, 5.41) is 3.05. The van der Waals surface area contributed by atoms with E-state index >= 15 is 0 Å². The Labute approximate surface area is 228 Å². The van der Waals surface area contributed by atoms with Crippen LogP contribution < -0.4 is 9.62 Å². The van der Waals surface area contributed by atoms with Crippen molar-refractivity contribution in [2.75, 3.05) is 24.4 Å². The van der Waals surface area contributed by atoms with E-state index in [-0.39, 0.29) is 33.1 Å². The predicted octanol–water partition coefficient (Wildman–Crippen LogP) is 4.78. The zero-order chi connectivity index (χ0) is 27.0. The summed E-state index contributed by atoms with van der Waals surface area (Å²) in [4.78, 5) is 27.9. The Balaban J connectivity index is 2.02. The summed E-state index contributed by atoms with van der Waals surface area (Å²) in [5.74, 6) is -0.853. The minimum Gasteiger partial charge on any atom is -0.357 e. The number of nitrogens with zero attached hydrogens (tertiary/aromatic N) is 2. The van der Waals surface area contributed by atoms with Crippen LogP contribution in [0, 0.1) is 0 Å². The van der Waals surface area contributed by atoms with Gasteiger partial charge in [0.2, 0.25) is 11.8 Å². The molecular weight excluding hydrogens is 533 g/mol. The Morgan fingerprint density at radius 3 is 2.03 bits per heavy atom. The molecule has 0 spiro atoms. The minimum atomic E-state index is -4.17. The maximum absolute atomic E-state index is 13.8. The number of benzene rings is 3. The summed E-state index contributed by atoms with van der Waals surface area (Å²) in [6.45, 7) is 1.48. The first kappa shape index (κ1) is 28.5. The molecule has 0 radical (unpaired) electrons. The third kappa shape index (κ3) is 7.25. The van der Waals surface area contributed by atoms with Gasteiger partial charge in [-0.1, -0.05) is 78.7 Å². The maximum atomic E-state index is 13.8. The van der Waals surface area contributed by atoms with E-state index < -0.39 is 28.5 Å². The number of amides is 2. The zero-order valence-electron chi connectivity index (χ0n) is 20.6. The Morgan fingerprint density at radius 2 is 1.49 bits per heavy atom. The average molecular weight is 563 g/mol. The third-order valence-corrected chi connectivity index (χ3v) is 8.09. The quantitative estimate of drug-likeness (QED) is 0.364. The number of sulfonamides is 1. The topological polar surface area (TPSA) is 86.8 Å². The van der Waals surface area contributed by atoms with Crippen LogP contribution in [0.15, 0.2) is 83.8 Å². The molecule has 1 N–H and O–H groups in total. The fourth-order valence-corrected chi connectivity index (χ4v) is 5.93. The van der Waals surface area contributed by atoms with E-state index in [9.17, 15) is 18.0 Å². The van der Waals surface area contributed by atoms with Crippen LogP contribution in [0.2, 0.25) is 10.0 Å². The van der Waals surface area contributed by atoms with Crippen molar-refractivity contribution < 1.29 is 18.0 Å². The first-order valence-electron chi connectivity index (χ1n) is 11.8. The van der Waals surface area contributed by atoms with Gasteiger partial charge in [-0.3, -0.25) is 13.9 Å². The molecule has 1 atom stereocenters. The molecule has 3 aromatic carbocycles. The van der Waals surface area contributed by atoms with Gasteiger partial charge >= 0.3 is 0 Å². The van der Waals surface area contributed by atoms with Crippen molar-refractivity contribution in [3.8, 4) is 0 Å². The number of nitrogens with one attached hydrogen (secondary N) is 1. The van der Waals surface area contributed by atoms with Gasteiger partial charge in [-0.15, -0.1) is 0 Å². The van der Waals surface area contributed by atoms with Crippen LogP contribution in [0.3, 0.4) is 0 Å². The highest BCUT2D eigenvalue weighted by atomic mass is 35.5. The van der Waals surface area contributed by atoms with Crippen molar-refractivity contribution in [2.45, 2.75) is 30.7 Å². The van der Waals surface area contributed by atoms with Gasteiger partial charge < -0.3 is 10.2 Å². The van der Waals surface area contributed by atoms with E-state index in [0.29, 0.717) is 12.8 Å². The van der Waals surface area contributed by atoms with E-state index in [2.05, 4.69) is 5.32 Å². The van der Waals surface area contributed by atoms with Gasteiger partial charge in [0.1, 0.15) is 12.6 Å². The fourth-order valence-electron chi connectivity index (χ4n) is 3.99. The summed E-state index contributed by atoms with van der Waals surface area (Å²) < 4.78 is 28.4. The lowest BCUT2D eigenvalue weighted by Gasteiger charge is -2.33. The molecule has 3 rings (SSSR count). The van der Waals surface area contributed by atoms with Crippen LogP contribution in [-0.2, 0) is 26.0 Å². The highest BCUT2D eigenvalue weighted by molar-refractivity contribution is 7.92. The van der Waals surface area contributed by atoms with Gasteiger partial charge in [0, 0.05) is 23.6 Å². The van der Waals surface area contributed by atoms with Gasteiger partial charge in [-0.25, -0.2) is 8.42 Å². The second-order valence-corrected chi connectivity index (χ2v) is 11.0. The van der Waals surface area contributed by atoms with Crippen LogP contribution >= 0.6 is 23.2 Å². The molecule has 0 saturated heterocycles. The molecule has 2 amide bonds. The van der Waals surface area contributed by atoms with E-state index in [1.54, 1.807) is 25.1 Å². The van der Waals surface area contributed by atoms with Crippen LogP contribution in [0.5, 0.6) is 0 Å². The first-order valence-corrected chi connectivity index (χ1v) is 14.0. The standard InChI is InChI=1S/C27H29Cl2N3O4S/c1-3-25(27(34)30-2)31(15-14-20-10-6-4-7-11-20)26(33)19-32(23-17-21(28)16-22(29)18-23)37(35,36)24-12-8-5-9-13-24/h4-13,16-18,25H,3,14-15,19H2,1-2H3,(H,30,34)/t25-/m1/s1. The lowest BCUT2D eigenvalue weighted by atomic mass is 10.1. The molecule has 10 heteroatoms. The monoisotopic (exact) mass is 561 g/mol. The number of halogens is 2. The lowest BCUT2D eigenvalue weighted by Crippen LogP contribution is -2.52. The fraction of sp³-hybridized carbons (Fsp3) is 0.259. The second kappa shape index (κ2) is 12.9. The molecule has 0 fully saturated rings. The molecule has 0 heterocycles. The van der Waals surface area contributed by atoms with E-state index in [0.717, 1.165) is 9.87 Å². The third-order valence-electron chi connectivity index (χ3n) is 5.86. The molecular formula is C27H29Cl2N3O4S. The second-order valence-electron chi connectivity index (χ2n) is 8.31. The summed E-state index contributed by atoms with van der Waals surface area (Å²) in [5.41, 5.74) is 1.13. The van der Waals surface area contributed by atoms with Crippen molar-refractivity contribution in [3.05, 3.63) is 94.5 Å². The van der Waals surface area contributed by atoms with Gasteiger partial charge in [0.15, 0.2) is 0 Å². The van der Waals surface area contributed by atoms with Gasteiger partial charge in [0.05, 0.1) is 10.6 Å². The molecule has 3 aromatic rings. The maximum Gasteiger partial charge on any atom is 0.264 e. The number of rotatable bonds is 11. The SMILES string of the molecule is CC[C@H](C(=O)NC)N(CCc1ccccc1)C(=O)CN(c1cc(Cl)cc(Cl)c1)S(=O)(=O)c1ccccc1. The van der Waals surface area contributed by atoms with Gasteiger partial charge in [-0.05, 0) is 48.7 Å². The highest BCUT2D eigenvalue weighted by Gasteiger charge is 2.33. The normalized spacial score (nSPS) is 12.0. The van der Waals surface area contributed by atoms with E-state index in [1.165, 1.54) is 42.3 Å². The molecule has 0 aliphatic carbocycles. The molecule has 0 aliphatic heterocycles. The number of carbonyl (C=O) groups excluding carboxylic acids is 2. The highest BCUT2D eigenvalue weighted by Crippen LogP contribution is 2.30. The van der Waals surface area contributed by atoms with Gasteiger partial charge in [0.25, 0.3) is 10.0 Å². The number of hydrogen-bond donors (Lipinski definition) is 1. The predicted molar refractivity (Wildman–Crippen MR) is 147 cm³/mol. The van der Waals surface area contributed by atoms with Crippen LogP contribution in [0.1, 0.15) is 18.9 Å². The minimum absolute atomic E-state index is 0.00748. The van der Waals surface area contributed by atoms with Crippen LogP contribution in [-0.4, -0.2) is 51.3 Å². The number of carbonyl (C=O) groups is 2. The Hall–Kier alpha value is -3.07. The largest absolute Gasteiger partial charge is 0.357 e. The zero-order valence-corrected chi connectivity index (χ0v) is 22.9. The summed E-state index contributed by atoms with van der Waals surface area (Å²) in [6.07, 6.45) is 0.850. The first-order chi connectivity index (χ1) is 17.7. The Bertz CT molecular complexity index is 1300. The van der Waals surface area contributed by atoms with Crippen molar-refractivity contribution in [1.82, 2.24) is 10.2 Å². The molecule has 196 valence electrons. The Morgan fingerprint density at radius 1 is 0.919 bits per heavy atom. The molecule has 0 unspecified atom stereocenters. The average Bonchev–Trinajstić information content (AvgIpc) is 2.89. The summed E-state index contributed by atoms with van der Waals surface area (Å²) in [6, 6.07) is 20.9. The lowest BCUT2D eigenvalue weighted by molar-refractivity contribution is -0.139. The van der Waals surface area contributed by atoms with Crippen molar-refractivity contribution in [1.29, 1.82) is 0 Å². The summed E-state index contributed by atoms with van der Waals surface area (Å²) in [7, 11) is -2.67. The molecule has 0 aromatic heterocycles. The van der Waals surface area contributed by atoms with Crippen molar-refractivity contribution in [3.63, 3.8) is 0 Å². The van der Waals surface area contributed by atoms with Gasteiger partial charge in [-0.2, -0.15) is 0 Å². The van der Waals surface area contributed by atoms with Crippen LogP contribution in [0.25, 0.3) is 0 Å².